The molecule has 1 N–H and O–H groups in total. The zero-order valence-electron chi connectivity index (χ0n) is 13.1. The lowest BCUT2D eigenvalue weighted by molar-refractivity contribution is 0.200. The van der Waals surface area contributed by atoms with Crippen LogP contribution in [0.25, 0.3) is 0 Å². The molecule has 0 unspecified atom stereocenters. The standard InChI is InChI=1S/C17H21ClN4O/c18-14-8-12(9-15(23)10-14)11-21-6-3-13(4-7-21)17-20-19-16-2-1-5-22(16)17/h8-10,13,23H,1-7,11H2. The van der Waals surface area contributed by atoms with Gasteiger partial charge in [-0.25, -0.2) is 0 Å². The molecule has 2 aromatic rings. The van der Waals surface area contributed by atoms with Crippen molar-refractivity contribution in [3.8, 4) is 5.75 Å². The Morgan fingerprint density at radius 1 is 1.13 bits per heavy atom. The van der Waals surface area contributed by atoms with Gasteiger partial charge in [0.15, 0.2) is 0 Å². The van der Waals surface area contributed by atoms with E-state index < -0.39 is 0 Å². The highest BCUT2D eigenvalue weighted by Crippen LogP contribution is 2.30. The van der Waals surface area contributed by atoms with Gasteiger partial charge in [-0.05, 0) is 56.1 Å². The fourth-order valence-corrected chi connectivity index (χ4v) is 4.06. The number of nitrogens with zero attached hydrogens (tertiary/aromatic N) is 4. The maximum Gasteiger partial charge on any atom is 0.136 e. The van der Waals surface area contributed by atoms with Crippen LogP contribution in [0.3, 0.4) is 0 Å². The molecule has 0 atom stereocenters. The van der Waals surface area contributed by atoms with E-state index in [9.17, 15) is 5.11 Å². The number of aromatic nitrogens is 3. The molecule has 5 nitrogen and oxygen atoms in total. The van der Waals surface area contributed by atoms with Crippen LogP contribution in [0, 0.1) is 0 Å². The third-order valence-corrected chi connectivity index (χ3v) is 5.16. The van der Waals surface area contributed by atoms with Crippen molar-refractivity contribution in [2.75, 3.05) is 13.1 Å². The van der Waals surface area contributed by atoms with Gasteiger partial charge in [-0.1, -0.05) is 11.6 Å². The number of rotatable bonds is 3. The molecule has 0 aliphatic carbocycles. The molecular formula is C17H21ClN4O. The lowest BCUT2D eigenvalue weighted by Gasteiger charge is -2.31. The van der Waals surface area contributed by atoms with Crippen molar-refractivity contribution in [3.05, 3.63) is 40.4 Å². The van der Waals surface area contributed by atoms with Gasteiger partial charge in [0.1, 0.15) is 17.4 Å². The second-order valence-corrected chi connectivity index (χ2v) is 7.03. The molecule has 0 bridgehead atoms. The monoisotopic (exact) mass is 332 g/mol. The minimum atomic E-state index is 0.237. The van der Waals surface area contributed by atoms with Crippen molar-refractivity contribution < 1.29 is 5.11 Å². The summed E-state index contributed by atoms with van der Waals surface area (Å²) in [6.07, 6.45) is 4.51. The number of phenolic OH excluding ortho intramolecular Hbond substituents is 1. The predicted octanol–water partition coefficient (Wildman–Crippen LogP) is 2.96. The number of hydrogen-bond donors (Lipinski definition) is 1. The highest BCUT2D eigenvalue weighted by molar-refractivity contribution is 6.30. The fourth-order valence-electron chi connectivity index (χ4n) is 3.81. The Morgan fingerprint density at radius 3 is 2.74 bits per heavy atom. The summed E-state index contributed by atoms with van der Waals surface area (Å²) in [5, 5.41) is 19.0. The molecule has 2 aliphatic rings. The Kier molecular flexibility index (Phi) is 3.99. The van der Waals surface area contributed by atoms with Crippen LogP contribution >= 0.6 is 11.6 Å². The maximum absolute atomic E-state index is 9.66. The van der Waals surface area contributed by atoms with Crippen LogP contribution < -0.4 is 0 Å². The Labute approximate surface area is 140 Å². The average Bonchev–Trinajstić information content (AvgIpc) is 3.10. The number of hydrogen-bond acceptors (Lipinski definition) is 4. The number of halogens is 1. The first-order valence-electron chi connectivity index (χ1n) is 8.32. The third-order valence-electron chi connectivity index (χ3n) is 4.94. The Bertz CT molecular complexity index is 686. The van der Waals surface area contributed by atoms with Crippen LogP contribution in [-0.2, 0) is 19.5 Å². The minimum absolute atomic E-state index is 0.237. The molecule has 3 heterocycles. The molecule has 0 radical (unpaired) electrons. The average molecular weight is 333 g/mol. The van der Waals surface area contributed by atoms with Gasteiger partial charge in [0.05, 0.1) is 0 Å². The number of aryl methyl sites for hydroxylation is 1. The molecule has 23 heavy (non-hydrogen) atoms. The molecule has 4 rings (SSSR count). The van der Waals surface area contributed by atoms with E-state index in [2.05, 4.69) is 19.7 Å². The molecule has 122 valence electrons. The zero-order valence-corrected chi connectivity index (χ0v) is 13.8. The van der Waals surface area contributed by atoms with E-state index in [4.69, 9.17) is 11.6 Å². The molecule has 6 heteroatoms. The van der Waals surface area contributed by atoms with Crippen LogP contribution in [0.1, 0.15) is 42.4 Å². The largest absolute Gasteiger partial charge is 0.508 e. The Morgan fingerprint density at radius 2 is 1.96 bits per heavy atom. The molecular weight excluding hydrogens is 312 g/mol. The van der Waals surface area contributed by atoms with Crippen molar-refractivity contribution in [2.45, 2.75) is 44.7 Å². The van der Waals surface area contributed by atoms with Crippen molar-refractivity contribution in [3.63, 3.8) is 0 Å². The van der Waals surface area contributed by atoms with E-state index in [1.807, 2.05) is 6.07 Å². The maximum atomic E-state index is 9.66. The summed E-state index contributed by atoms with van der Waals surface area (Å²) in [5.41, 5.74) is 1.07. The van der Waals surface area contributed by atoms with Gasteiger partial charge < -0.3 is 9.67 Å². The summed E-state index contributed by atoms with van der Waals surface area (Å²) >= 11 is 6.02. The van der Waals surface area contributed by atoms with Crippen LogP contribution in [-0.4, -0.2) is 37.9 Å². The van der Waals surface area contributed by atoms with Crippen molar-refractivity contribution in [1.29, 1.82) is 0 Å². The molecule has 1 aromatic heterocycles. The first-order chi connectivity index (χ1) is 11.2. The number of phenols is 1. The minimum Gasteiger partial charge on any atom is -0.508 e. The van der Waals surface area contributed by atoms with E-state index in [0.717, 1.165) is 56.8 Å². The van der Waals surface area contributed by atoms with Gasteiger partial charge in [0, 0.05) is 30.5 Å². The third kappa shape index (κ3) is 3.08. The van der Waals surface area contributed by atoms with Crippen LogP contribution in [0.4, 0.5) is 0 Å². The van der Waals surface area contributed by atoms with E-state index >= 15 is 0 Å². The molecule has 2 aliphatic heterocycles. The topological polar surface area (TPSA) is 54.2 Å². The highest BCUT2D eigenvalue weighted by atomic mass is 35.5. The summed E-state index contributed by atoms with van der Waals surface area (Å²) in [6, 6.07) is 5.30. The molecule has 1 aromatic carbocycles. The number of aromatic hydroxyl groups is 1. The van der Waals surface area contributed by atoms with E-state index in [1.54, 1.807) is 12.1 Å². The SMILES string of the molecule is Oc1cc(Cl)cc(CN2CCC(c3nnc4n3CCC4)CC2)c1. The number of fused-ring (bicyclic) bond motifs is 1. The first-order valence-corrected chi connectivity index (χ1v) is 8.69. The molecule has 1 fully saturated rings. The van der Waals surface area contributed by atoms with E-state index in [1.165, 1.54) is 12.2 Å². The van der Waals surface area contributed by atoms with Crippen LogP contribution in [0.2, 0.25) is 5.02 Å². The van der Waals surface area contributed by atoms with Gasteiger partial charge in [-0.3, -0.25) is 4.90 Å². The van der Waals surface area contributed by atoms with Crippen molar-refractivity contribution in [1.82, 2.24) is 19.7 Å². The summed E-state index contributed by atoms with van der Waals surface area (Å²) in [4.78, 5) is 2.42. The van der Waals surface area contributed by atoms with Crippen molar-refractivity contribution >= 4 is 11.6 Å². The molecule has 1 saturated heterocycles. The van der Waals surface area contributed by atoms with E-state index in [-0.39, 0.29) is 5.75 Å². The van der Waals surface area contributed by atoms with Crippen LogP contribution in [0.5, 0.6) is 5.75 Å². The Hall–Kier alpha value is -1.59. The van der Waals surface area contributed by atoms with Gasteiger partial charge in [-0.2, -0.15) is 0 Å². The summed E-state index contributed by atoms with van der Waals surface area (Å²) < 4.78 is 2.33. The summed E-state index contributed by atoms with van der Waals surface area (Å²) in [5.74, 6) is 3.12. The first kappa shape index (κ1) is 15.0. The summed E-state index contributed by atoms with van der Waals surface area (Å²) in [7, 11) is 0. The Balaban J connectivity index is 1.39. The number of likely N-dealkylation sites (tertiary alicyclic amines) is 1. The number of benzene rings is 1. The normalized spacial score (nSPS) is 19.2. The predicted molar refractivity (Wildman–Crippen MR) is 88.7 cm³/mol. The second kappa shape index (κ2) is 6.13. The lowest BCUT2D eigenvalue weighted by atomic mass is 9.95. The molecule has 0 saturated carbocycles. The van der Waals surface area contributed by atoms with E-state index in [0.29, 0.717) is 10.9 Å². The zero-order chi connectivity index (χ0) is 15.8. The fraction of sp³-hybridized carbons (Fsp3) is 0.529. The highest BCUT2D eigenvalue weighted by Gasteiger charge is 2.27. The lowest BCUT2D eigenvalue weighted by Crippen LogP contribution is -2.33. The second-order valence-electron chi connectivity index (χ2n) is 6.60. The smallest absolute Gasteiger partial charge is 0.136 e. The number of piperidine rings is 1. The van der Waals surface area contributed by atoms with Crippen molar-refractivity contribution in [2.24, 2.45) is 0 Å². The molecule has 0 amide bonds. The van der Waals surface area contributed by atoms with Gasteiger partial charge >= 0.3 is 0 Å². The van der Waals surface area contributed by atoms with Gasteiger partial charge in [-0.15, -0.1) is 10.2 Å². The summed E-state index contributed by atoms with van der Waals surface area (Å²) in [6.45, 7) is 4.00. The van der Waals surface area contributed by atoms with Gasteiger partial charge in [0.2, 0.25) is 0 Å². The van der Waals surface area contributed by atoms with Gasteiger partial charge in [0.25, 0.3) is 0 Å². The quantitative estimate of drug-likeness (QED) is 0.939. The van der Waals surface area contributed by atoms with Crippen LogP contribution in [0.15, 0.2) is 18.2 Å². The molecule has 0 spiro atoms.